The van der Waals surface area contributed by atoms with E-state index < -0.39 is 0 Å². The maximum atomic E-state index is 11.8. The molecule has 0 aromatic carbocycles. The normalized spacial score (nSPS) is 11.1. The van der Waals surface area contributed by atoms with Gasteiger partial charge in [0, 0.05) is 12.7 Å². The summed E-state index contributed by atoms with van der Waals surface area (Å²) in [6.07, 6.45) is 1.60. The average molecular weight is 252 g/mol. The van der Waals surface area contributed by atoms with Crippen molar-refractivity contribution in [2.24, 2.45) is 5.92 Å². The van der Waals surface area contributed by atoms with Crippen LogP contribution in [0, 0.1) is 5.92 Å². The first-order chi connectivity index (χ1) is 8.08. The lowest BCUT2D eigenvalue weighted by molar-refractivity contribution is 0.687. The highest BCUT2D eigenvalue weighted by atomic mass is 35.5. The highest BCUT2D eigenvalue weighted by Crippen LogP contribution is 2.21. The van der Waals surface area contributed by atoms with Gasteiger partial charge in [-0.3, -0.25) is 4.79 Å². The number of rotatable bonds is 3. The second-order valence-corrected chi connectivity index (χ2v) is 4.73. The highest BCUT2D eigenvalue weighted by Gasteiger charge is 2.08. The first-order valence-corrected chi connectivity index (χ1v) is 5.87. The summed E-state index contributed by atoms with van der Waals surface area (Å²) in [7, 11) is 0. The van der Waals surface area contributed by atoms with Gasteiger partial charge >= 0.3 is 0 Å². The Morgan fingerprint density at radius 2 is 2.29 bits per heavy atom. The summed E-state index contributed by atoms with van der Waals surface area (Å²) < 4.78 is 0. The molecule has 0 bridgehead atoms. The van der Waals surface area contributed by atoms with Crippen LogP contribution in [-0.4, -0.2) is 16.5 Å². The zero-order valence-corrected chi connectivity index (χ0v) is 10.5. The minimum Gasteiger partial charge on any atom is -0.369 e. The third-order valence-corrected chi connectivity index (χ3v) is 2.59. The second kappa shape index (κ2) is 4.75. The summed E-state index contributed by atoms with van der Waals surface area (Å²) in [4.78, 5) is 18.6. The van der Waals surface area contributed by atoms with Crippen LogP contribution in [0.25, 0.3) is 10.8 Å². The van der Waals surface area contributed by atoms with Gasteiger partial charge in [-0.1, -0.05) is 25.4 Å². The van der Waals surface area contributed by atoms with Crippen molar-refractivity contribution in [1.82, 2.24) is 9.97 Å². The average Bonchev–Trinajstić information content (AvgIpc) is 2.25. The van der Waals surface area contributed by atoms with Crippen molar-refractivity contribution in [3.63, 3.8) is 0 Å². The van der Waals surface area contributed by atoms with Gasteiger partial charge in [0.05, 0.1) is 5.39 Å². The van der Waals surface area contributed by atoms with E-state index in [1.54, 1.807) is 12.3 Å². The molecular formula is C12H14ClN3O. The summed E-state index contributed by atoms with van der Waals surface area (Å²) in [6, 6.07) is 3.50. The third kappa shape index (κ3) is 2.58. The predicted molar refractivity (Wildman–Crippen MR) is 70.7 cm³/mol. The van der Waals surface area contributed by atoms with E-state index in [1.807, 2.05) is 6.07 Å². The minimum absolute atomic E-state index is 0.155. The van der Waals surface area contributed by atoms with E-state index in [4.69, 9.17) is 11.6 Å². The molecular weight excluding hydrogens is 238 g/mol. The minimum atomic E-state index is -0.155. The Morgan fingerprint density at radius 1 is 1.53 bits per heavy atom. The molecule has 2 heterocycles. The number of nitrogens with zero attached hydrogens (tertiary/aromatic N) is 1. The largest absolute Gasteiger partial charge is 0.369 e. The highest BCUT2D eigenvalue weighted by molar-refractivity contribution is 6.30. The Hall–Kier alpha value is -1.55. The van der Waals surface area contributed by atoms with Crippen molar-refractivity contribution < 1.29 is 0 Å². The number of halogens is 1. The quantitative estimate of drug-likeness (QED) is 0.825. The molecule has 0 aliphatic carbocycles. The van der Waals surface area contributed by atoms with Crippen LogP contribution in [0.4, 0.5) is 5.82 Å². The van der Waals surface area contributed by atoms with Gasteiger partial charge < -0.3 is 10.3 Å². The van der Waals surface area contributed by atoms with Gasteiger partial charge in [0.15, 0.2) is 0 Å². The van der Waals surface area contributed by atoms with Crippen molar-refractivity contribution in [3.05, 3.63) is 33.8 Å². The van der Waals surface area contributed by atoms with Crippen molar-refractivity contribution in [2.45, 2.75) is 13.8 Å². The summed E-state index contributed by atoms with van der Waals surface area (Å²) in [5, 5.41) is 4.88. The summed E-state index contributed by atoms with van der Waals surface area (Å²) in [6.45, 7) is 4.92. The van der Waals surface area contributed by atoms with Crippen LogP contribution >= 0.6 is 11.6 Å². The number of hydrogen-bond donors (Lipinski definition) is 2. The number of aromatic nitrogens is 2. The van der Waals surface area contributed by atoms with Crippen molar-refractivity contribution in [2.75, 3.05) is 11.9 Å². The molecule has 5 heteroatoms. The number of anilines is 1. The number of pyridine rings is 2. The number of hydrogen-bond acceptors (Lipinski definition) is 3. The van der Waals surface area contributed by atoms with E-state index in [0.29, 0.717) is 22.3 Å². The van der Waals surface area contributed by atoms with E-state index in [1.165, 1.54) is 0 Å². The van der Waals surface area contributed by atoms with Gasteiger partial charge in [0.2, 0.25) is 0 Å². The lowest BCUT2D eigenvalue weighted by atomic mass is 10.2. The fraction of sp³-hybridized carbons (Fsp3) is 0.333. The first-order valence-electron chi connectivity index (χ1n) is 5.49. The van der Waals surface area contributed by atoms with Crippen LogP contribution in [0.2, 0.25) is 5.15 Å². The van der Waals surface area contributed by atoms with E-state index >= 15 is 0 Å². The smallest absolute Gasteiger partial charge is 0.259 e. The van der Waals surface area contributed by atoms with Crippen molar-refractivity contribution in [3.8, 4) is 0 Å². The summed E-state index contributed by atoms with van der Waals surface area (Å²) in [5.74, 6) is 1.01. The molecule has 0 saturated heterocycles. The van der Waals surface area contributed by atoms with E-state index in [2.05, 4.69) is 29.1 Å². The number of H-pyrrole nitrogens is 1. The Morgan fingerprint density at radius 3 is 3.00 bits per heavy atom. The molecule has 0 aliphatic rings. The van der Waals surface area contributed by atoms with Crippen molar-refractivity contribution >= 4 is 28.2 Å². The molecule has 2 aromatic heterocycles. The molecule has 0 spiro atoms. The van der Waals surface area contributed by atoms with Gasteiger partial charge in [-0.05, 0) is 23.4 Å². The Balaban J connectivity index is 2.56. The van der Waals surface area contributed by atoms with Gasteiger partial charge in [-0.25, -0.2) is 4.98 Å². The molecule has 0 fully saturated rings. The summed E-state index contributed by atoms with van der Waals surface area (Å²) >= 11 is 5.93. The van der Waals surface area contributed by atoms with Crippen LogP contribution in [0.15, 0.2) is 23.1 Å². The zero-order chi connectivity index (χ0) is 12.4. The van der Waals surface area contributed by atoms with Crippen LogP contribution in [0.1, 0.15) is 13.8 Å². The summed E-state index contributed by atoms with van der Waals surface area (Å²) in [5.41, 5.74) is -0.155. The Bertz CT molecular complexity index is 592. The molecule has 2 N–H and O–H groups in total. The van der Waals surface area contributed by atoms with Gasteiger partial charge in [-0.2, -0.15) is 0 Å². The van der Waals surface area contributed by atoms with Crippen LogP contribution in [0.5, 0.6) is 0 Å². The van der Waals surface area contributed by atoms with E-state index in [-0.39, 0.29) is 5.56 Å². The molecule has 4 nitrogen and oxygen atoms in total. The molecule has 2 rings (SSSR count). The molecule has 0 aliphatic heterocycles. The predicted octanol–water partition coefficient (Wildman–Crippen LogP) is 2.64. The van der Waals surface area contributed by atoms with Crippen LogP contribution < -0.4 is 10.9 Å². The SMILES string of the molecule is CC(C)CNc1nc(Cl)cc2cc[nH]c(=O)c12. The third-order valence-electron chi connectivity index (χ3n) is 2.40. The molecule has 0 atom stereocenters. The number of nitrogens with one attached hydrogen (secondary N) is 2. The molecule has 0 amide bonds. The molecule has 0 radical (unpaired) electrons. The number of aromatic amines is 1. The monoisotopic (exact) mass is 251 g/mol. The molecule has 90 valence electrons. The standard InChI is InChI=1S/C12H14ClN3O/c1-7(2)6-15-11-10-8(5-9(13)16-11)3-4-14-12(10)17/h3-5,7H,6H2,1-2H3,(H,14,17)(H,15,16). The lowest BCUT2D eigenvalue weighted by Crippen LogP contribution is -2.14. The van der Waals surface area contributed by atoms with E-state index in [9.17, 15) is 4.79 Å². The molecule has 0 unspecified atom stereocenters. The van der Waals surface area contributed by atoms with Gasteiger partial charge in [0.1, 0.15) is 11.0 Å². The fourth-order valence-electron chi connectivity index (χ4n) is 1.61. The Labute approximate surface area is 104 Å². The van der Waals surface area contributed by atoms with Crippen LogP contribution in [-0.2, 0) is 0 Å². The first kappa shape index (κ1) is 11.9. The van der Waals surface area contributed by atoms with Gasteiger partial charge in [-0.15, -0.1) is 0 Å². The topological polar surface area (TPSA) is 57.8 Å². The van der Waals surface area contributed by atoms with E-state index in [0.717, 1.165) is 11.9 Å². The fourth-order valence-corrected chi connectivity index (χ4v) is 1.81. The zero-order valence-electron chi connectivity index (χ0n) is 9.75. The maximum absolute atomic E-state index is 11.8. The van der Waals surface area contributed by atoms with Gasteiger partial charge in [0.25, 0.3) is 5.56 Å². The Kier molecular flexibility index (Phi) is 3.33. The lowest BCUT2D eigenvalue weighted by Gasteiger charge is -2.10. The van der Waals surface area contributed by atoms with Crippen molar-refractivity contribution in [1.29, 1.82) is 0 Å². The second-order valence-electron chi connectivity index (χ2n) is 4.34. The maximum Gasteiger partial charge on any atom is 0.259 e. The molecule has 17 heavy (non-hydrogen) atoms. The molecule has 2 aromatic rings. The van der Waals surface area contributed by atoms with Crippen LogP contribution in [0.3, 0.4) is 0 Å². The molecule has 0 saturated carbocycles. The number of fused-ring (bicyclic) bond motifs is 1.